The van der Waals surface area contributed by atoms with Crippen LogP contribution in [-0.2, 0) is 31.6 Å². The lowest BCUT2D eigenvalue weighted by Gasteiger charge is -2.26. The summed E-state index contributed by atoms with van der Waals surface area (Å²) in [5.74, 6) is 3.28. The third-order valence-electron chi connectivity index (χ3n) is 4.06. The number of aliphatic hydroxyl groups excluding tert-OH is 1. The van der Waals surface area contributed by atoms with Crippen LogP contribution in [0.5, 0.6) is 0 Å². The molecule has 34 heavy (non-hydrogen) atoms. The quantitative estimate of drug-likeness (QED) is 0.133. The van der Waals surface area contributed by atoms with Crippen molar-refractivity contribution < 1.29 is 60.6 Å². The van der Waals surface area contributed by atoms with Crippen LogP contribution in [0.25, 0.3) is 0 Å². The van der Waals surface area contributed by atoms with E-state index in [4.69, 9.17) is 26.1 Å². The molecule has 0 amide bonds. The molecule has 6 N–H and O–H groups in total. The van der Waals surface area contributed by atoms with Gasteiger partial charge in [0.25, 0.3) is 5.56 Å². The minimum Gasteiger partial charge on any atom is -0.387 e. The van der Waals surface area contributed by atoms with Crippen LogP contribution in [0, 0.1) is 17.7 Å². The molecule has 0 aromatic carbocycles. The maximum absolute atomic E-state index is 13.8. The highest BCUT2D eigenvalue weighted by atomic mass is 35.5. The molecule has 1 aromatic heterocycles. The van der Waals surface area contributed by atoms with Crippen molar-refractivity contribution in [2.24, 2.45) is 0 Å². The molecular weight excluding hydrogens is 556 g/mol. The number of hydrogen-bond donors (Lipinski definition) is 6. The number of aromatic nitrogens is 2. The zero-order valence-electron chi connectivity index (χ0n) is 16.8. The molecule has 192 valence electrons. The van der Waals surface area contributed by atoms with Gasteiger partial charge in [-0.15, -0.1) is 5.92 Å². The molecule has 0 saturated carbocycles. The van der Waals surface area contributed by atoms with Gasteiger partial charge in [-0.1, -0.05) is 17.5 Å². The molecule has 1 aliphatic rings. The van der Waals surface area contributed by atoms with Gasteiger partial charge in [-0.3, -0.25) is 18.9 Å². The summed E-state index contributed by atoms with van der Waals surface area (Å²) < 4.78 is 65.6. The molecule has 1 aliphatic heterocycles. The van der Waals surface area contributed by atoms with Gasteiger partial charge in [-0.05, 0) is 13.8 Å². The van der Waals surface area contributed by atoms with Gasteiger partial charge in [0.15, 0.2) is 11.1 Å². The number of hydrogen-bond acceptors (Lipinski definition) is 10. The van der Waals surface area contributed by atoms with E-state index >= 15 is 0 Å². The van der Waals surface area contributed by atoms with Crippen molar-refractivity contribution in [3.8, 4) is 11.8 Å². The summed E-state index contributed by atoms with van der Waals surface area (Å²) >= 11 is 6.34. The van der Waals surface area contributed by atoms with Gasteiger partial charge in [-0.25, -0.2) is 18.5 Å². The van der Waals surface area contributed by atoms with Gasteiger partial charge in [0, 0.05) is 0 Å². The number of ether oxygens (including phenoxy) is 1. The van der Waals surface area contributed by atoms with Gasteiger partial charge in [0.05, 0.1) is 12.3 Å². The summed E-state index contributed by atoms with van der Waals surface area (Å²) in [4.78, 5) is 58.9. The number of rotatable bonds is 8. The third-order valence-corrected chi connectivity index (χ3v) is 8.49. The Morgan fingerprint density at radius 1 is 1.24 bits per heavy atom. The molecule has 21 heteroatoms. The first-order valence-corrected chi connectivity index (χ1v) is 13.5. The second-order valence-electron chi connectivity index (χ2n) is 6.59. The van der Waals surface area contributed by atoms with E-state index in [2.05, 4.69) is 25.0 Å². The van der Waals surface area contributed by atoms with E-state index in [1.54, 1.807) is 4.98 Å². The lowest BCUT2D eigenvalue weighted by molar-refractivity contribution is -0.0751. The predicted molar refractivity (Wildman–Crippen MR) is 108 cm³/mol. The topological polar surface area (TPSA) is 244 Å². The smallest absolute Gasteiger partial charge is 0.387 e. The first kappa shape index (κ1) is 29.0. The number of aliphatic hydroxyl groups is 1. The normalized spacial score (nSPS) is 29.5. The fourth-order valence-electron chi connectivity index (χ4n) is 2.87. The summed E-state index contributed by atoms with van der Waals surface area (Å²) in [7, 11) is -17.1. The van der Waals surface area contributed by atoms with E-state index in [0.717, 1.165) is 6.92 Å². The number of halogens is 2. The molecule has 0 aliphatic carbocycles. The molecule has 2 heterocycles. The monoisotopic (exact) mass is 572 g/mol. The average Bonchev–Trinajstić information content (AvgIpc) is 2.86. The largest absolute Gasteiger partial charge is 0.490 e. The zero-order valence-corrected chi connectivity index (χ0v) is 20.3. The highest BCUT2D eigenvalue weighted by molar-refractivity contribution is 7.66. The van der Waals surface area contributed by atoms with Gasteiger partial charge in [-0.2, -0.15) is 13.0 Å². The average molecular weight is 573 g/mol. The van der Waals surface area contributed by atoms with Crippen molar-refractivity contribution in [3.63, 3.8) is 0 Å². The summed E-state index contributed by atoms with van der Waals surface area (Å²) in [5, 5.41) is 10.7. The van der Waals surface area contributed by atoms with E-state index in [1.807, 2.05) is 0 Å². The SMILES string of the molecule is CC#CC1(Cl)[C@@H](O)[C@@H]([C@@H](C)OP(=O)(O)OP(=O)(O)OP(=O)(O)O)O[C@H]1n1cc(F)c(=O)[nH]c1=O. The standard InChI is InChI=1S/C13H17ClFN2O14P3/c1-3-4-13(14)9(18)8(28-11(13)17-5-7(15)10(19)16-12(17)20)6(2)29-33(24,25)31-34(26,27)30-32(21,22)23/h5-6,8-9,11,18H,1-2H3,(H,24,25)(H,26,27)(H,16,19,20)(H2,21,22,23)/t6-,8-,9+,11-,13?/m1/s1. The van der Waals surface area contributed by atoms with E-state index < -0.39 is 69.9 Å². The van der Waals surface area contributed by atoms with Crippen LogP contribution in [0.4, 0.5) is 4.39 Å². The molecule has 1 aromatic rings. The molecule has 0 spiro atoms. The summed E-state index contributed by atoms with van der Waals surface area (Å²) in [6, 6.07) is 0. The Morgan fingerprint density at radius 2 is 1.82 bits per heavy atom. The summed E-state index contributed by atoms with van der Waals surface area (Å²) in [5.41, 5.74) is -2.58. The Balaban J connectivity index is 2.36. The third kappa shape index (κ3) is 6.71. The Bertz CT molecular complexity index is 1270. The Morgan fingerprint density at radius 3 is 2.35 bits per heavy atom. The second-order valence-corrected chi connectivity index (χ2v) is 11.6. The van der Waals surface area contributed by atoms with Crippen molar-refractivity contribution in [2.45, 2.75) is 43.3 Å². The number of nitrogens with zero attached hydrogens (tertiary/aromatic N) is 1. The van der Waals surface area contributed by atoms with E-state index in [9.17, 15) is 42.6 Å². The number of nitrogens with one attached hydrogen (secondary N) is 1. The molecule has 2 rings (SSSR count). The lowest BCUT2D eigenvalue weighted by Crippen LogP contribution is -2.45. The first-order chi connectivity index (χ1) is 15.3. The predicted octanol–water partition coefficient (Wildman–Crippen LogP) is -0.333. The van der Waals surface area contributed by atoms with Crippen molar-refractivity contribution in [3.05, 3.63) is 32.9 Å². The number of alkyl halides is 1. The van der Waals surface area contributed by atoms with Crippen LogP contribution in [0.3, 0.4) is 0 Å². The fourth-order valence-corrected chi connectivity index (χ4v) is 6.45. The van der Waals surface area contributed by atoms with Crippen molar-refractivity contribution in [1.82, 2.24) is 9.55 Å². The van der Waals surface area contributed by atoms with Crippen molar-refractivity contribution in [1.29, 1.82) is 0 Å². The zero-order chi connectivity index (χ0) is 26.3. The van der Waals surface area contributed by atoms with Crippen LogP contribution in [0.1, 0.15) is 20.1 Å². The van der Waals surface area contributed by atoms with Crippen LogP contribution >= 0.6 is 35.1 Å². The van der Waals surface area contributed by atoms with Crippen molar-refractivity contribution in [2.75, 3.05) is 0 Å². The first-order valence-electron chi connectivity index (χ1n) is 8.61. The Kier molecular flexibility index (Phi) is 8.57. The van der Waals surface area contributed by atoms with Gasteiger partial charge < -0.3 is 29.4 Å². The van der Waals surface area contributed by atoms with E-state index in [1.165, 1.54) is 6.92 Å². The maximum atomic E-state index is 13.8. The molecule has 0 radical (unpaired) electrons. The van der Waals surface area contributed by atoms with Crippen molar-refractivity contribution >= 4 is 35.1 Å². The minimum absolute atomic E-state index is 0.419. The van der Waals surface area contributed by atoms with E-state index in [-0.39, 0.29) is 0 Å². The highest BCUT2D eigenvalue weighted by Gasteiger charge is 2.58. The Labute approximate surface area is 193 Å². The van der Waals surface area contributed by atoms with E-state index in [0.29, 0.717) is 10.8 Å². The van der Waals surface area contributed by atoms with Crippen LogP contribution in [0.15, 0.2) is 15.8 Å². The number of aromatic amines is 1. The molecule has 1 fully saturated rings. The number of phosphoric ester groups is 1. The maximum Gasteiger partial charge on any atom is 0.490 e. The molecule has 0 bridgehead atoms. The molecular formula is C13H17ClFN2O14P3. The molecule has 16 nitrogen and oxygen atoms in total. The molecule has 3 unspecified atom stereocenters. The van der Waals surface area contributed by atoms with Crippen LogP contribution in [-0.4, -0.2) is 57.4 Å². The highest BCUT2D eigenvalue weighted by Crippen LogP contribution is 2.66. The number of H-pyrrole nitrogens is 1. The lowest BCUT2D eigenvalue weighted by atomic mass is 9.96. The second kappa shape index (κ2) is 10.0. The van der Waals surface area contributed by atoms with Gasteiger partial charge in [0.2, 0.25) is 5.82 Å². The Hall–Kier alpha value is -1.21. The fraction of sp³-hybridized carbons (Fsp3) is 0.538. The van der Waals surface area contributed by atoms with Crippen LogP contribution in [0.2, 0.25) is 0 Å². The molecule has 7 atom stereocenters. The summed E-state index contributed by atoms with van der Waals surface area (Å²) in [6.07, 6.45) is -6.81. The molecule has 1 saturated heterocycles. The van der Waals surface area contributed by atoms with Gasteiger partial charge in [0.1, 0.15) is 12.2 Å². The minimum atomic E-state index is -5.83. The number of phosphoric acid groups is 3. The van der Waals surface area contributed by atoms with Gasteiger partial charge >= 0.3 is 29.2 Å². The summed E-state index contributed by atoms with van der Waals surface area (Å²) in [6.45, 7) is 2.26. The van der Waals surface area contributed by atoms with Crippen LogP contribution < -0.4 is 11.2 Å².